The molecule has 6 nitrogen and oxygen atoms in total. The minimum absolute atomic E-state index is 0.177. The van der Waals surface area contributed by atoms with Gasteiger partial charge in [0.25, 0.3) is 5.91 Å². The molecule has 0 radical (unpaired) electrons. The molecular formula is C18H26N4O2. The number of aryl methyl sites for hydroxylation is 2. The van der Waals surface area contributed by atoms with Crippen LogP contribution in [0.3, 0.4) is 0 Å². The zero-order valence-corrected chi connectivity index (χ0v) is 15.1. The Labute approximate surface area is 142 Å². The number of carbonyl (C=O) groups excluding carboxylic acids is 1. The van der Waals surface area contributed by atoms with Gasteiger partial charge in [0.1, 0.15) is 0 Å². The number of aromatic nitrogens is 3. The summed E-state index contributed by atoms with van der Waals surface area (Å²) in [6.07, 6.45) is 1.65. The Morgan fingerprint density at radius 3 is 2.71 bits per heavy atom. The molecule has 1 fully saturated rings. The van der Waals surface area contributed by atoms with Crippen LogP contribution < -0.4 is 5.32 Å². The van der Waals surface area contributed by atoms with Crippen molar-refractivity contribution in [3.63, 3.8) is 0 Å². The van der Waals surface area contributed by atoms with E-state index in [4.69, 9.17) is 4.98 Å². The lowest BCUT2D eigenvalue weighted by Gasteiger charge is -2.26. The molecule has 2 aromatic heterocycles. The number of amides is 1. The van der Waals surface area contributed by atoms with E-state index in [1.165, 1.54) is 0 Å². The van der Waals surface area contributed by atoms with E-state index in [9.17, 15) is 9.90 Å². The number of aliphatic hydroxyl groups excluding tert-OH is 1. The van der Waals surface area contributed by atoms with Gasteiger partial charge in [0, 0.05) is 25.2 Å². The summed E-state index contributed by atoms with van der Waals surface area (Å²) < 4.78 is 1.73. The Morgan fingerprint density at radius 1 is 1.46 bits per heavy atom. The molecule has 1 aliphatic carbocycles. The standard InChI is InChI=1S/C18H26N4O2/c1-10-15-12(17(24)19-9-14(23)18(2,3)4)8-13(11-6-7-11)20-16(15)22(5)21-10/h8,11,14,23H,6-7,9H2,1-5H3,(H,19,24). The summed E-state index contributed by atoms with van der Waals surface area (Å²) in [5.41, 5.74) is 2.84. The fourth-order valence-electron chi connectivity index (χ4n) is 2.82. The van der Waals surface area contributed by atoms with Crippen LogP contribution in [0, 0.1) is 12.3 Å². The lowest BCUT2D eigenvalue weighted by Crippen LogP contribution is -2.39. The first-order chi connectivity index (χ1) is 11.2. The number of hydrogen-bond acceptors (Lipinski definition) is 4. The van der Waals surface area contributed by atoms with E-state index >= 15 is 0 Å². The molecule has 0 aliphatic heterocycles. The van der Waals surface area contributed by atoms with Crippen molar-refractivity contribution in [2.24, 2.45) is 12.5 Å². The van der Waals surface area contributed by atoms with Gasteiger partial charge in [-0.05, 0) is 31.2 Å². The number of carbonyl (C=O) groups is 1. The maximum absolute atomic E-state index is 12.8. The van der Waals surface area contributed by atoms with Crippen molar-refractivity contribution in [2.75, 3.05) is 6.54 Å². The van der Waals surface area contributed by atoms with E-state index < -0.39 is 6.10 Å². The van der Waals surface area contributed by atoms with Gasteiger partial charge in [0.15, 0.2) is 5.65 Å². The molecule has 2 aromatic rings. The maximum Gasteiger partial charge on any atom is 0.252 e. The van der Waals surface area contributed by atoms with Gasteiger partial charge >= 0.3 is 0 Å². The third-order valence-corrected chi connectivity index (χ3v) is 4.68. The Bertz CT molecular complexity index is 784. The number of hydrogen-bond donors (Lipinski definition) is 2. The van der Waals surface area contributed by atoms with Gasteiger partial charge in [-0.1, -0.05) is 20.8 Å². The van der Waals surface area contributed by atoms with E-state index in [1.807, 2.05) is 40.8 Å². The van der Waals surface area contributed by atoms with Gasteiger partial charge < -0.3 is 10.4 Å². The molecule has 0 aromatic carbocycles. The van der Waals surface area contributed by atoms with Crippen molar-refractivity contribution in [3.8, 4) is 0 Å². The quantitative estimate of drug-likeness (QED) is 0.901. The van der Waals surface area contributed by atoms with Crippen LogP contribution >= 0.6 is 0 Å². The molecular weight excluding hydrogens is 304 g/mol. The van der Waals surface area contributed by atoms with Crippen LogP contribution in [0.4, 0.5) is 0 Å². The first-order valence-electron chi connectivity index (χ1n) is 8.49. The summed E-state index contributed by atoms with van der Waals surface area (Å²) in [5, 5.41) is 18.2. The van der Waals surface area contributed by atoms with E-state index in [0.717, 1.165) is 35.3 Å². The summed E-state index contributed by atoms with van der Waals surface area (Å²) in [5.74, 6) is 0.278. The second kappa shape index (κ2) is 5.84. The molecule has 1 amide bonds. The van der Waals surface area contributed by atoms with Crippen LogP contribution in [0.25, 0.3) is 11.0 Å². The van der Waals surface area contributed by atoms with Crippen LogP contribution in [-0.2, 0) is 7.05 Å². The van der Waals surface area contributed by atoms with Crippen LogP contribution in [0.5, 0.6) is 0 Å². The summed E-state index contributed by atoms with van der Waals surface area (Å²) in [7, 11) is 1.85. The lowest BCUT2D eigenvalue weighted by molar-refractivity contribution is 0.0587. The first kappa shape index (κ1) is 16.9. The Kier molecular flexibility index (Phi) is 4.11. The van der Waals surface area contributed by atoms with Crippen LogP contribution in [0.15, 0.2) is 6.07 Å². The fraction of sp³-hybridized carbons (Fsp3) is 0.611. The SMILES string of the molecule is Cc1nn(C)c2nc(C3CC3)cc(C(=O)NCC(O)C(C)(C)C)c12. The Morgan fingerprint density at radius 2 is 2.12 bits per heavy atom. The van der Waals surface area contributed by atoms with Crippen LogP contribution in [0.2, 0.25) is 0 Å². The fourth-order valence-corrected chi connectivity index (χ4v) is 2.82. The molecule has 1 saturated carbocycles. The predicted octanol–water partition coefficient (Wildman–Crippen LogP) is 2.29. The smallest absolute Gasteiger partial charge is 0.252 e. The lowest BCUT2D eigenvalue weighted by atomic mass is 9.89. The second-order valence-electron chi connectivity index (χ2n) is 7.87. The summed E-state index contributed by atoms with van der Waals surface area (Å²) in [4.78, 5) is 17.5. The molecule has 1 aliphatic rings. The van der Waals surface area contributed by atoms with Crippen molar-refractivity contribution in [1.29, 1.82) is 0 Å². The topological polar surface area (TPSA) is 80.0 Å². The highest BCUT2D eigenvalue weighted by Crippen LogP contribution is 2.40. The van der Waals surface area contributed by atoms with Crippen LogP contribution in [-0.4, -0.2) is 38.4 Å². The van der Waals surface area contributed by atoms with Gasteiger partial charge in [0.2, 0.25) is 0 Å². The Hall–Kier alpha value is -1.95. The van der Waals surface area contributed by atoms with Crippen molar-refractivity contribution in [1.82, 2.24) is 20.1 Å². The molecule has 1 atom stereocenters. The minimum Gasteiger partial charge on any atom is -0.391 e. The molecule has 130 valence electrons. The average Bonchev–Trinajstić information content (AvgIpc) is 3.30. The normalized spacial score (nSPS) is 16.4. The largest absolute Gasteiger partial charge is 0.391 e. The zero-order valence-electron chi connectivity index (χ0n) is 15.1. The van der Waals surface area contributed by atoms with Crippen molar-refractivity contribution in [2.45, 2.75) is 52.6 Å². The van der Waals surface area contributed by atoms with Gasteiger partial charge in [-0.2, -0.15) is 5.10 Å². The molecule has 24 heavy (non-hydrogen) atoms. The van der Waals surface area contributed by atoms with Gasteiger partial charge in [0.05, 0.1) is 22.7 Å². The summed E-state index contributed by atoms with van der Waals surface area (Å²) >= 11 is 0. The van der Waals surface area contributed by atoms with Crippen LogP contribution in [0.1, 0.15) is 61.3 Å². The first-order valence-corrected chi connectivity index (χ1v) is 8.49. The van der Waals surface area contributed by atoms with Gasteiger partial charge in [-0.3, -0.25) is 9.48 Å². The van der Waals surface area contributed by atoms with E-state index in [1.54, 1.807) is 4.68 Å². The van der Waals surface area contributed by atoms with E-state index in [-0.39, 0.29) is 17.9 Å². The van der Waals surface area contributed by atoms with Crippen molar-refractivity contribution in [3.05, 3.63) is 23.0 Å². The highest BCUT2D eigenvalue weighted by Gasteiger charge is 2.29. The molecule has 6 heteroatoms. The molecule has 0 saturated heterocycles. The van der Waals surface area contributed by atoms with E-state index in [0.29, 0.717) is 11.5 Å². The molecule has 1 unspecified atom stereocenters. The number of rotatable bonds is 4. The van der Waals surface area contributed by atoms with E-state index in [2.05, 4.69) is 10.4 Å². The molecule has 2 N–H and O–H groups in total. The molecule has 0 spiro atoms. The zero-order chi connectivity index (χ0) is 17.6. The van der Waals surface area contributed by atoms with Crippen molar-refractivity contribution < 1.29 is 9.90 Å². The third kappa shape index (κ3) is 3.15. The maximum atomic E-state index is 12.8. The average molecular weight is 330 g/mol. The predicted molar refractivity (Wildman–Crippen MR) is 93.0 cm³/mol. The summed E-state index contributed by atoms with van der Waals surface area (Å²) in [6.45, 7) is 7.96. The number of fused-ring (bicyclic) bond motifs is 1. The van der Waals surface area contributed by atoms with Crippen molar-refractivity contribution >= 4 is 16.9 Å². The number of nitrogens with one attached hydrogen (secondary N) is 1. The molecule has 2 heterocycles. The number of pyridine rings is 1. The minimum atomic E-state index is -0.600. The third-order valence-electron chi connectivity index (χ3n) is 4.68. The highest BCUT2D eigenvalue weighted by atomic mass is 16.3. The molecule has 3 rings (SSSR count). The Balaban J connectivity index is 1.94. The second-order valence-corrected chi connectivity index (χ2v) is 7.87. The monoisotopic (exact) mass is 330 g/mol. The summed E-state index contributed by atoms with van der Waals surface area (Å²) in [6, 6.07) is 1.90. The highest BCUT2D eigenvalue weighted by molar-refractivity contribution is 6.06. The van der Waals surface area contributed by atoms with Gasteiger partial charge in [-0.25, -0.2) is 4.98 Å². The van der Waals surface area contributed by atoms with Gasteiger partial charge in [-0.15, -0.1) is 0 Å². The number of nitrogens with zero attached hydrogens (tertiary/aromatic N) is 3. The number of aliphatic hydroxyl groups is 1. The molecule has 0 bridgehead atoms.